The maximum atomic E-state index is 8.64. The third-order valence-electron chi connectivity index (χ3n) is 13.2. The predicted molar refractivity (Wildman–Crippen MR) is 289 cm³/mol. The Bertz CT molecular complexity index is 3830. The molecule has 1 aliphatic heterocycles. The van der Waals surface area contributed by atoms with E-state index in [9.17, 15) is 0 Å². The number of aryl methyl sites for hydroxylation is 1. The molecule has 71 heavy (non-hydrogen) atoms. The normalized spacial score (nSPS) is 13.1. The number of fused-ring (bicyclic) bond motifs is 4. The van der Waals surface area contributed by atoms with Crippen molar-refractivity contribution < 1.29 is 29.9 Å². The van der Waals surface area contributed by atoms with Crippen molar-refractivity contribution in [3.8, 4) is 61.8 Å². The van der Waals surface area contributed by atoms with E-state index in [2.05, 4.69) is 177 Å². The van der Waals surface area contributed by atoms with Gasteiger partial charge in [0.15, 0.2) is 0 Å². The molecule has 0 spiro atoms. The van der Waals surface area contributed by atoms with Crippen LogP contribution in [0.3, 0.4) is 0 Å². The van der Waals surface area contributed by atoms with Crippen molar-refractivity contribution in [2.75, 3.05) is 9.80 Å². The van der Waals surface area contributed by atoms with Crippen LogP contribution >= 0.6 is 0 Å². The van der Waals surface area contributed by atoms with Gasteiger partial charge in [-0.05, 0) is 80.9 Å². The second kappa shape index (κ2) is 18.7. The topological polar surface area (TPSA) is 33.5 Å². The molecule has 1 aliphatic rings. The van der Waals surface area contributed by atoms with Gasteiger partial charge < -0.3 is 19.1 Å². The summed E-state index contributed by atoms with van der Waals surface area (Å²) in [6.07, 6.45) is 1.67. The largest absolute Gasteiger partial charge is 0.509 e. The zero-order chi connectivity index (χ0) is 49.8. The minimum absolute atomic E-state index is 0. The average molecular weight is 1100 g/mol. The molecule has 9 aromatic carbocycles. The van der Waals surface area contributed by atoms with E-state index in [0.717, 1.165) is 78.0 Å². The van der Waals surface area contributed by atoms with E-state index in [1.807, 2.05) is 83.4 Å². The molecule has 11 aromatic rings. The number of hydrogen-bond acceptors (Lipinski definition) is 4. The Balaban J connectivity index is 0.00000588. The summed E-state index contributed by atoms with van der Waals surface area (Å²) in [6.45, 7) is 6.48. The van der Waals surface area contributed by atoms with Crippen LogP contribution < -0.4 is 14.5 Å². The van der Waals surface area contributed by atoms with Crippen LogP contribution in [0, 0.1) is 25.7 Å². The summed E-state index contributed by atoms with van der Waals surface area (Å²) in [7, 11) is 0. The molecule has 3 heterocycles. The number of aromatic nitrogens is 2. The van der Waals surface area contributed by atoms with Gasteiger partial charge in [-0.15, -0.1) is 48.1 Å². The molecular weight excluding hydrogens is 1050 g/mol. The molecule has 0 unspecified atom stereocenters. The van der Waals surface area contributed by atoms with Crippen molar-refractivity contribution in [2.24, 2.45) is 0 Å². The summed E-state index contributed by atoms with van der Waals surface area (Å²) in [4.78, 5) is 9.42. The third-order valence-corrected chi connectivity index (χ3v) is 13.2. The maximum Gasteiger partial charge on any atom is 0.135 e. The molecule has 0 N–H and O–H groups in total. The Morgan fingerprint density at radius 3 is 1.79 bits per heavy atom. The quantitative estimate of drug-likeness (QED) is 0.135. The molecule has 0 aliphatic carbocycles. The fraction of sp³-hybridized carbons (Fsp3) is 0.0769. The summed E-state index contributed by atoms with van der Waals surface area (Å²) in [5.74, 6) is 1.44. The SMILES string of the molecule is [2H]C([2H])([2H])c1cc(-n2c3[c-]c(Oc4[c-]c(N5[CH-]N(c6c(-c7ccccc7)cccc6-c6ccc(C(C)(C)C)cc6)c6ccccc65)ccc4)ccc3c3cc(-c4ccccc4)ccc32)ncc1-c1ccccc1.[Pt]. The van der Waals surface area contributed by atoms with E-state index in [-0.39, 0.29) is 32.0 Å². The Hall–Kier alpha value is -7.98. The van der Waals surface area contributed by atoms with Gasteiger partial charge in [-0.2, -0.15) is 12.1 Å². The first kappa shape index (κ1) is 41.9. The molecular formula is C65H49N4OPt-3. The molecule has 5 nitrogen and oxygen atoms in total. The van der Waals surface area contributed by atoms with E-state index in [1.165, 1.54) is 5.56 Å². The van der Waals surface area contributed by atoms with Gasteiger partial charge in [-0.3, -0.25) is 0 Å². The van der Waals surface area contributed by atoms with E-state index in [1.54, 1.807) is 12.3 Å². The van der Waals surface area contributed by atoms with E-state index >= 15 is 0 Å². The zero-order valence-electron chi connectivity index (χ0n) is 42.4. The Morgan fingerprint density at radius 2 is 1.11 bits per heavy atom. The number of benzene rings is 9. The molecule has 0 amide bonds. The van der Waals surface area contributed by atoms with Gasteiger partial charge in [-0.1, -0.05) is 184 Å². The molecule has 6 heteroatoms. The van der Waals surface area contributed by atoms with Crippen LogP contribution in [0.1, 0.15) is 36.0 Å². The van der Waals surface area contributed by atoms with Crippen LogP contribution in [-0.2, 0) is 26.5 Å². The summed E-state index contributed by atoms with van der Waals surface area (Å²) in [5, 5.41) is 1.90. The van der Waals surface area contributed by atoms with Crippen molar-refractivity contribution >= 4 is 44.6 Å². The predicted octanol–water partition coefficient (Wildman–Crippen LogP) is 17.3. The fourth-order valence-corrected chi connectivity index (χ4v) is 9.72. The molecule has 2 aromatic heterocycles. The van der Waals surface area contributed by atoms with E-state index in [0.29, 0.717) is 28.4 Å². The second-order valence-electron chi connectivity index (χ2n) is 18.7. The maximum absolute atomic E-state index is 8.64. The molecule has 0 saturated heterocycles. The van der Waals surface area contributed by atoms with Crippen LogP contribution in [-0.4, -0.2) is 9.55 Å². The van der Waals surface area contributed by atoms with Gasteiger partial charge in [0.25, 0.3) is 0 Å². The molecule has 0 fully saturated rings. The summed E-state index contributed by atoms with van der Waals surface area (Å²) in [5.41, 5.74) is 15.0. The number of nitrogens with zero attached hydrogens (tertiary/aromatic N) is 4. The van der Waals surface area contributed by atoms with Crippen LogP contribution in [0.25, 0.3) is 72.1 Å². The Kier molecular flexibility index (Phi) is 11.1. The molecule has 348 valence electrons. The number of ether oxygens (including phenoxy) is 1. The van der Waals surface area contributed by atoms with Gasteiger partial charge in [0, 0.05) is 82.1 Å². The van der Waals surface area contributed by atoms with Crippen molar-refractivity contribution in [3.63, 3.8) is 0 Å². The first-order valence-electron chi connectivity index (χ1n) is 25.1. The monoisotopic (exact) mass is 1100 g/mol. The summed E-state index contributed by atoms with van der Waals surface area (Å²) >= 11 is 0. The number of rotatable bonds is 9. The van der Waals surface area contributed by atoms with Crippen molar-refractivity contribution in [3.05, 3.63) is 248 Å². The number of pyridine rings is 1. The zero-order valence-corrected chi connectivity index (χ0v) is 41.6. The Morgan fingerprint density at radius 1 is 0.521 bits per heavy atom. The summed E-state index contributed by atoms with van der Waals surface area (Å²) in [6, 6.07) is 79.5. The van der Waals surface area contributed by atoms with Gasteiger partial charge in [0.2, 0.25) is 0 Å². The minimum Gasteiger partial charge on any atom is -0.509 e. The van der Waals surface area contributed by atoms with Crippen LogP contribution in [0.15, 0.2) is 219 Å². The molecule has 0 atom stereocenters. The fourth-order valence-electron chi connectivity index (χ4n) is 9.72. The second-order valence-corrected chi connectivity index (χ2v) is 18.7. The van der Waals surface area contributed by atoms with Crippen molar-refractivity contribution in [2.45, 2.75) is 33.0 Å². The van der Waals surface area contributed by atoms with Crippen LogP contribution in [0.4, 0.5) is 22.7 Å². The number of hydrogen-bond donors (Lipinski definition) is 0. The summed E-state index contributed by atoms with van der Waals surface area (Å²) < 4.78 is 34.6. The number of para-hydroxylation sites is 3. The van der Waals surface area contributed by atoms with Gasteiger partial charge in [0.1, 0.15) is 5.82 Å². The average Bonchev–Trinajstić information content (AvgIpc) is 3.97. The smallest absolute Gasteiger partial charge is 0.135 e. The van der Waals surface area contributed by atoms with E-state index < -0.39 is 6.85 Å². The molecule has 0 radical (unpaired) electrons. The minimum atomic E-state index is -2.41. The van der Waals surface area contributed by atoms with Gasteiger partial charge in [-0.25, -0.2) is 4.98 Å². The molecule has 12 rings (SSSR count). The standard InChI is InChI=1S/C65H49N4O.Pt/c1-44-38-63(66-42-58(44)47-22-12-7-13-23-47)69-59-37-32-49(45-18-8-5-9-19-45)39-57(59)56-36-35-53(41-62(56)69)70-52-25-16-24-51(40-52)67-43-68(61-29-15-14-28-60(61)67)64-54(46-20-10-6-11-21-46)26-17-27-55(64)48-30-33-50(34-31-48)65(2,3)4;/h5-39,42-43H,1-4H3;/q-3;/i1D3;. The van der Waals surface area contributed by atoms with Crippen LogP contribution in [0.5, 0.6) is 11.5 Å². The first-order chi connectivity index (χ1) is 35.5. The first-order valence-corrected chi connectivity index (χ1v) is 23.6. The van der Waals surface area contributed by atoms with Crippen LogP contribution in [0.2, 0.25) is 0 Å². The molecule has 0 saturated carbocycles. The third kappa shape index (κ3) is 8.51. The van der Waals surface area contributed by atoms with Gasteiger partial charge in [0.05, 0.1) is 0 Å². The molecule has 0 bridgehead atoms. The van der Waals surface area contributed by atoms with Crippen molar-refractivity contribution in [1.29, 1.82) is 0 Å². The van der Waals surface area contributed by atoms with Gasteiger partial charge >= 0.3 is 0 Å². The van der Waals surface area contributed by atoms with E-state index in [4.69, 9.17) is 13.8 Å². The Labute approximate surface area is 434 Å². The number of anilines is 4. The van der Waals surface area contributed by atoms with Crippen molar-refractivity contribution in [1.82, 2.24) is 9.55 Å².